The molecule has 0 saturated heterocycles. The van der Waals surface area contributed by atoms with Crippen LogP contribution in [-0.2, 0) is 0 Å². The van der Waals surface area contributed by atoms with E-state index in [-0.39, 0.29) is 6.04 Å². The molecule has 0 bridgehead atoms. The Morgan fingerprint density at radius 1 is 1.00 bits per heavy atom. The molecule has 1 atom stereocenters. The molecule has 0 saturated carbocycles. The first-order valence-corrected chi connectivity index (χ1v) is 6.53. The Balaban J connectivity index is 5.31. The largest absolute Gasteiger partial charge is 0.459 e. The third kappa shape index (κ3) is 2.58. The van der Waals surface area contributed by atoms with Gasteiger partial charge in [0.2, 0.25) is 0 Å². The van der Waals surface area contributed by atoms with Crippen molar-refractivity contribution in [2.24, 2.45) is 0 Å². The Hall–Kier alpha value is -0.533. The van der Waals surface area contributed by atoms with Gasteiger partial charge in [0.25, 0.3) is 5.55 Å². The van der Waals surface area contributed by atoms with Crippen LogP contribution in [0, 0.1) is 0 Å². The summed E-state index contributed by atoms with van der Waals surface area (Å²) in [5, 5.41) is 0. The number of allylic oxidation sites excluding steroid dienone is 1. The molecule has 0 spiro atoms. The van der Waals surface area contributed by atoms with Crippen LogP contribution < -0.4 is 0 Å². The summed E-state index contributed by atoms with van der Waals surface area (Å²) in [6, 6.07) is -0.372. The van der Waals surface area contributed by atoms with Crippen LogP contribution in [0.4, 0.5) is 30.7 Å². The number of hydrogen-bond acceptors (Lipinski definition) is 0. The maximum Gasteiger partial charge on any atom is 0.459 e. The SMILES string of the molecule is CC=C[SiH](CC)C(F)(F)C(F)(F)C(F)(F)F. The van der Waals surface area contributed by atoms with E-state index in [0.29, 0.717) is 0 Å². The summed E-state index contributed by atoms with van der Waals surface area (Å²) >= 11 is 0. The molecule has 0 fully saturated rings. The molecule has 0 aromatic heterocycles. The summed E-state index contributed by atoms with van der Waals surface area (Å²) in [6.07, 6.45) is -5.14. The molecule has 0 amide bonds. The molecule has 0 aromatic rings. The lowest BCUT2D eigenvalue weighted by atomic mass is 10.3. The first-order valence-electron chi connectivity index (χ1n) is 4.47. The third-order valence-electron chi connectivity index (χ3n) is 2.10. The molecule has 0 nitrogen and oxygen atoms in total. The monoisotopic (exact) mass is 268 g/mol. The van der Waals surface area contributed by atoms with Gasteiger partial charge in [-0.05, 0) is 6.92 Å². The molecule has 16 heavy (non-hydrogen) atoms. The van der Waals surface area contributed by atoms with Crippen LogP contribution >= 0.6 is 0 Å². The van der Waals surface area contributed by atoms with Crippen molar-refractivity contribution in [3.63, 3.8) is 0 Å². The number of hydrogen-bond donors (Lipinski definition) is 0. The normalized spacial score (nSPS) is 16.8. The van der Waals surface area contributed by atoms with Crippen molar-refractivity contribution >= 4 is 8.80 Å². The van der Waals surface area contributed by atoms with E-state index >= 15 is 0 Å². The Bertz CT molecular complexity index is 256. The Labute approximate surface area is 89.7 Å². The lowest BCUT2D eigenvalue weighted by molar-refractivity contribution is -0.334. The second kappa shape index (κ2) is 4.76. The molecule has 0 N–H and O–H groups in total. The highest BCUT2D eigenvalue weighted by Gasteiger charge is 2.74. The van der Waals surface area contributed by atoms with E-state index in [1.54, 1.807) is 0 Å². The minimum absolute atomic E-state index is 0.372. The van der Waals surface area contributed by atoms with Crippen LogP contribution in [0.25, 0.3) is 0 Å². The molecular formula is C8H11F7Si. The van der Waals surface area contributed by atoms with Gasteiger partial charge in [-0.3, -0.25) is 0 Å². The summed E-state index contributed by atoms with van der Waals surface area (Å²) in [6.45, 7) is 2.48. The van der Waals surface area contributed by atoms with Crippen LogP contribution in [0.5, 0.6) is 0 Å². The molecule has 0 aromatic carbocycles. The first kappa shape index (κ1) is 15.5. The van der Waals surface area contributed by atoms with Crippen molar-refractivity contribution in [3.05, 3.63) is 11.8 Å². The minimum atomic E-state index is -6.22. The van der Waals surface area contributed by atoms with Crippen LogP contribution in [-0.4, -0.2) is 26.4 Å². The molecule has 0 aliphatic carbocycles. The van der Waals surface area contributed by atoms with Crippen molar-refractivity contribution in [1.82, 2.24) is 0 Å². The molecular weight excluding hydrogens is 257 g/mol. The van der Waals surface area contributed by atoms with Crippen LogP contribution in [0.15, 0.2) is 11.8 Å². The van der Waals surface area contributed by atoms with Crippen LogP contribution in [0.1, 0.15) is 13.8 Å². The van der Waals surface area contributed by atoms with E-state index in [1.807, 2.05) is 0 Å². The highest BCUT2D eigenvalue weighted by atomic mass is 28.3. The van der Waals surface area contributed by atoms with E-state index in [9.17, 15) is 30.7 Å². The fourth-order valence-electron chi connectivity index (χ4n) is 1.17. The van der Waals surface area contributed by atoms with E-state index in [0.717, 1.165) is 11.8 Å². The topological polar surface area (TPSA) is 0 Å². The van der Waals surface area contributed by atoms with Crippen molar-refractivity contribution < 1.29 is 30.7 Å². The summed E-state index contributed by atoms with van der Waals surface area (Å²) in [5.41, 5.74) is -4.22. The zero-order valence-corrected chi connectivity index (χ0v) is 9.74. The van der Waals surface area contributed by atoms with Gasteiger partial charge < -0.3 is 0 Å². The summed E-state index contributed by atoms with van der Waals surface area (Å²) in [7, 11) is -3.63. The smallest absolute Gasteiger partial charge is 0.205 e. The average Bonchev–Trinajstić information content (AvgIpc) is 2.11. The van der Waals surface area contributed by atoms with Crippen molar-refractivity contribution in [2.75, 3.05) is 0 Å². The third-order valence-corrected chi connectivity index (χ3v) is 5.13. The average molecular weight is 268 g/mol. The molecule has 0 heterocycles. The molecule has 96 valence electrons. The highest BCUT2D eigenvalue weighted by Crippen LogP contribution is 2.48. The molecule has 0 radical (unpaired) electrons. The summed E-state index contributed by atoms with van der Waals surface area (Å²) < 4.78 is 86.9. The van der Waals surface area contributed by atoms with E-state index in [1.165, 1.54) is 13.8 Å². The minimum Gasteiger partial charge on any atom is -0.205 e. The van der Waals surface area contributed by atoms with Gasteiger partial charge in [0.05, 0.1) is 0 Å². The van der Waals surface area contributed by atoms with Crippen molar-refractivity contribution in [2.45, 2.75) is 37.5 Å². The predicted molar refractivity (Wildman–Crippen MR) is 48.4 cm³/mol. The quantitative estimate of drug-likeness (QED) is 0.538. The zero-order chi connectivity index (χ0) is 13.2. The lowest BCUT2D eigenvalue weighted by Gasteiger charge is -2.31. The van der Waals surface area contributed by atoms with Gasteiger partial charge in [0.15, 0.2) is 8.80 Å². The second-order valence-electron chi connectivity index (χ2n) is 3.24. The Morgan fingerprint density at radius 2 is 1.44 bits per heavy atom. The van der Waals surface area contributed by atoms with Gasteiger partial charge in [0.1, 0.15) is 0 Å². The fourth-order valence-corrected chi connectivity index (χ4v) is 3.29. The van der Waals surface area contributed by atoms with Gasteiger partial charge >= 0.3 is 12.1 Å². The first-order chi connectivity index (χ1) is 7.02. The Kier molecular flexibility index (Phi) is 4.61. The van der Waals surface area contributed by atoms with Crippen LogP contribution in [0.3, 0.4) is 0 Å². The second-order valence-corrected chi connectivity index (χ2v) is 6.38. The predicted octanol–water partition coefficient (Wildman–Crippen LogP) is 3.72. The van der Waals surface area contributed by atoms with Crippen molar-refractivity contribution in [3.8, 4) is 0 Å². The van der Waals surface area contributed by atoms with Crippen LogP contribution in [0.2, 0.25) is 6.04 Å². The molecule has 0 rings (SSSR count). The van der Waals surface area contributed by atoms with Crippen molar-refractivity contribution in [1.29, 1.82) is 0 Å². The maximum atomic E-state index is 13.1. The van der Waals surface area contributed by atoms with E-state index in [2.05, 4.69) is 0 Å². The maximum absolute atomic E-state index is 13.1. The Morgan fingerprint density at radius 3 is 1.69 bits per heavy atom. The highest BCUT2D eigenvalue weighted by molar-refractivity contribution is 6.67. The molecule has 1 unspecified atom stereocenters. The summed E-state index contributed by atoms with van der Waals surface area (Å²) in [5.74, 6) is -5.97. The van der Waals surface area contributed by atoms with E-state index in [4.69, 9.17) is 0 Å². The standard InChI is InChI=1S/C8H11F7Si/c1-3-5-16(4-2)8(14,15)6(9,10)7(11,12)13/h3,5,16H,4H2,1-2H3. The molecule has 8 heteroatoms. The van der Waals surface area contributed by atoms with E-state index < -0.39 is 26.4 Å². The van der Waals surface area contributed by atoms with Gasteiger partial charge in [0, 0.05) is 0 Å². The molecule has 0 aliphatic heterocycles. The summed E-state index contributed by atoms with van der Waals surface area (Å²) in [4.78, 5) is 0. The lowest BCUT2D eigenvalue weighted by Crippen LogP contribution is -2.59. The number of alkyl halides is 7. The van der Waals surface area contributed by atoms with Gasteiger partial charge in [-0.1, -0.05) is 24.7 Å². The van der Waals surface area contributed by atoms with Gasteiger partial charge in [-0.15, -0.1) is 0 Å². The molecule has 0 aliphatic rings. The number of halogens is 7. The van der Waals surface area contributed by atoms with Gasteiger partial charge in [-0.25, -0.2) is 8.78 Å². The number of rotatable bonds is 4. The fraction of sp³-hybridized carbons (Fsp3) is 0.750. The van der Waals surface area contributed by atoms with Gasteiger partial charge in [-0.2, -0.15) is 22.0 Å². The zero-order valence-electron chi connectivity index (χ0n) is 8.58.